The van der Waals surface area contributed by atoms with Gasteiger partial charge in [-0.25, -0.2) is 9.18 Å². The van der Waals surface area contributed by atoms with E-state index in [4.69, 9.17) is 11.6 Å². The number of imide groups is 1. The van der Waals surface area contributed by atoms with Gasteiger partial charge in [0.05, 0.1) is 16.1 Å². The molecule has 0 aliphatic carbocycles. The first kappa shape index (κ1) is 17.9. The number of urea groups is 1. The maximum Gasteiger partial charge on any atom is 0.323 e. The number of carbonyl (C=O) groups is 3. The first-order valence-corrected chi connectivity index (χ1v) is 8.20. The third kappa shape index (κ3) is 3.25. The summed E-state index contributed by atoms with van der Waals surface area (Å²) in [4.78, 5) is 37.9. The van der Waals surface area contributed by atoms with E-state index in [0.717, 1.165) is 6.07 Å². The third-order valence-electron chi connectivity index (χ3n) is 3.87. The van der Waals surface area contributed by atoms with Crippen LogP contribution < -0.4 is 10.6 Å². The minimum Gasteiger partial charge on any atom is -0.308 e. The molecule has 6 nitrogen and oxygen atoms in total. The third-order valence-corrected chi connectivity index (χ3v) is 4.16. The Morgan fingerprint density at radius 2 is 1.58 bits per heavy atom. The predicted molar refractivity (Wildman–Crippen MR) is 96.1 cm³/mol. The number of carbonyl (C=O) groups excluding carboxylic acids is 3. The summed E-state index contributed by atoms with van der Waals surface area (Å²) in [5.41, 5.74) is 1.21. The van der Waals surface area contributed by atoms with Crippen LogP contribution in [0, 0.1) is 5.82 Å². The Bertz CT molecular complexity index is 930. The van der Waals surface area contributed by atoms with E-state index in [2.05, 4.69) is 10.6 Å². The van der Waals surface area contributed by atoms with E-state index in [-0.39, 0.29) is 22.5 Å². The second kappa shape index (κ2) is 6.76. The molecule has 8 heteroatoms. The standard InChI is InChI=1S/C18H15ClFN3O3/c1-9(2)23-16(24)12-5-3-10(7-13(12)17(23)25)21-18(26)22-11-4-6-15(20)14(19)8-11/h3-9H,1-2H3,(H2,21,22,26). The molecule has 0 aromatic heterocycles. The van der Waals surface area contributed by atoms with E-state index in [1.165, 1.54) is 35.2 Å². The topological polar surface area (TPSA) is 78.5 Å². The summed E-state index contributed by atoms with van der Waals surface area (Å²) in [7, 11) is 0. The van der Waals surface area contributed by atoms with Gasteiger partial charge in [0, 0.05) is 17.4 Å². The van der Waals surface area contributed by atoms with E-state index in [1.807, 2.05) is 0 Å². The van der Waals surface area contributed by atoms with Crippen molar-refractivity contribution in [2.24, 2.45) is 0 Å². The highest BCUT2D eigenvalue weighted by Gasteiger charge is 2.37. The first-order chi connectivity index (χ1) is 12.3. The summed E-state index contributed by atoms with van der Waals surface area (Å²) >= 11 is 5.67. The second-order valence-electron chi connectivity index (χ2n) is 6.04. The Morgan fingerprint density at radius 3 is 2.19 bits per heavy atom. The van der Waals surface area contributed by atoms with Crippen LogP contribution in [0.1, 0.15) is 34.6 Å². The molecule has 0 unspecified atom stereocenters. The molecule has 1 heterocycles. The van der Waals surface area contributed by atoms with E-state index >= 15 is 0 Å². The van der Waals surface area contributed by atoms with Crippen LogP contribution in [0.4, 0.5) is 20.6 Å². The van der Waals surface area contributed by atoms with Gasteiger partial charge >= 0.3 is 6.03 Å². The van der Waals surface area contributed by atoms with Gasteiger partial charge in [-0.05, 0) is 50.2 Å². The second-order valence-corrected chi connectivity index (χ2v) is 6.45. The van der Waals surface area contributed by atoms with Crippen molar-refractivity contribution in [3.8, 4) is 0 Å². The van der Waals surface area contributed by atoms with Crippen molar-refractivity contribution in [3.05, 3.63) is 58.4 Å². The summed E-state index contributed by atoms with van der Waals surface area (Å²) in [5.74, 6) is -1.33. The minimum absolute atomic E-state index is 0.113. The van der Waals surface area contributed by atoms with Crippen LogP contribution in [0.2, 0.25) is 5.02 Å². The summed E-state index contributed by atoms with van der Waals surface area (Å²) in [6, 6.07) is 7.42. The summed E-state index contributed by atoms with van der Waals surface area (Å²) in [5, 5.41) is 4.96. The molecular weight excluding hydrogens is 361 g/mol. The van der Waals surface area contributed by atoms with Gasteiger partial charge in [-0.15, -0.1) is 0 Å². The lowest BCUT2D eigenvalue weighted by molar-refractivity contribution is 0.0609. The Morgan fingerprint density at radius 1 is 1.00 bits per heavy atom. The van der Waals surface area contributed by atoms with Crippen molar-refractivity contribution < 1.29 is 18.8 Å². The number of nitrogens with zero attached hydrogens (tertiary/aromatic N) is 1. The van der Waals surface area contributed by atoms with Crippen LogP contribution >= 0.6 is 11.6 Å². The van der Waals surface area contributed by atoms with Gasteiger partial charge in [-0.2, -0.15) is 0 Å². The molecule has 0 radical (unpaired) electrons. The van der Waals surface area contributed by atoms with Gasteiger partial charge in [0.25, 0.3) is 11.8 Å². The van der Waals surface area contributed by atoms with Gasteiger partial charge in [0.2, 0.25) is 0 Å². The number of hydrogen-bond donors (Lipinski definition) is 2. The molecule has 0 saturated carbocycles. The molecule has 4 amide bonds. The number of halogens is 2. The Labute approximate surface area is 153 Å². The zero-order valence-electron chi connectivity index (χ0n) is 14.0. The van der Waals surface area contributed by atoms with Crippen molar-refractivity contribution in [1.29, 1.82) is 0 Å². The fraction of sp³-hybridized carbons (Fsp3) is 0.167. The predicted octanol–water partition coefficient (Wildman–Crippen LogP) is 4.13. The molecule has 0 atom stereocenters. The molecule has 2 aromatic rings. The van der Waals surface area contributed by atoms with Gasteiger partial charge in [-0.1, -0.05) is 11.6 Å². The van der Waals surface area contributed by atoms with Crippen molar-refractivity contribution in [2.75, 3.05) is 10.6 Å². The first-order valence-electron chi connectivity index (χ1n) is 7.83. The molecular formula is C18H15ClFN3O3. The number of fused-ring (bicyclic) bond motifs is 1. The Hall–Kier alpha value is -2.93. The van der Waals surface area contributed by atoms with Crippen LogP contribution in [-0.2, 0) is 0 Å². The SMILES string of the molecule is CC(C)N1C(=O)c2ccc(NC(=O)Nc3ccc(F)c(Cl)c3)cc2C1=O. The van der Waals surface area contributed by atoms with Crippen molar-refractivity contribution >= 4 is 40.8 Å². The molecule has 0 fully saturated rings. The average molecular weight is 376 g/mol. The van der Waals surface area contributed by atoms with Crippen molar-refractivity contribution in [1.82, 2.24) is 4.90 Å². The summed E-state index contributed by atoms with van der Waals surface area (Å²) < 4.78 is 13.1. The maximum atomic E-state index is 13.1. The van der Waals surface area contributed by atoms with Crippen LogP contribution in [-0.4, -0.2) is 28.8 Å². The molecule has 0 bridgehead atoms. The Balaban J connectivity index is 1.76. The monoisotopic (exact) mass is 375 g/mol. The summed E-state index contributed by atoms with van der Waals surface area (Å²) in [6.45, 7) is 3.50. The largest absolute Gasteiger partial charge is 0.323 e. The molecule has 134 valence electrons. The lowest BCUT2D eigenvalue weighted by Crippen LogP contribution is -2.35. The molecule has 2 aromatic carbocycles. The van der Waals surface area contributed by atoms with Crippen LogP contribution in [0.15, 0.2) is 36.4 Å². The van der Waals surface area contributed by atoms with E-state index in [0.29, 0.717) is 16.9 Å². The normalized spacial score (nSPS) is 13.2. The highest BCUT2D eigenvalue weighted by Crippen LogP contribution is 2.27. The number of benzene rings is 2. The zero-order chi connectivity index (χ0) is 19.0. The number of nitrogens with one attached hydrogen (secondary N) is 2. The Kier molecular flexibility index (Phi) is 4.65. The fourth-order valence-electron chi connectivity index (χ4n) is 2.67. The number of amides is 4. The van der Waals surface area contributed by atoms with E-state index < -0.39 is 17.8 Å². The van der Waals surface area contributed by atoms with Gasteiger partial charge < -0.3 is 10.6 Å². The van der Waals surface area contributed by atoms with Crippen LogP contribution in [0.5, 0.6) is 0 Å². The van der Waals surface area contributed by atoms with Gasteiger partial charge in [0.15, 0.2) is 0 Å². The van der Waals surface area contributed by atoms with Crippen LogP contribution in [0.25, 0.3) is 0 Å². The van der Waals surface area contributed by atoms with Crippen molar-refractivity contribution in [3.63, 3.8) is 0 Å². The minimum atomic E-state index is -0.592. The molecule has 1 aliphatic heterocycles. The quantitative estimate of drug-likeness (QED) is 0.792. The zero-order valence-corrected chi connectivity index (χ0v) is 14.7. The number of rotatable bonds is 3. The lowest BCUT2D eigenvalue weighted by atomic mass is 10.1. The molecule has 0 spiro atoms. The molecule has 3 rings (SSSR count). The molecule has 2 N–H and O–H groups in total. The van der Waals surface area contributed by atoms with Gasteiger partial charge in [0.1, 0.15) is 5.82 Å². The van der Waals surface area contributed by atoms with Gasteiger partial charge in [-0.3, -0.25) is 14.5 Å². The highest BCUT2D eigenvalue weighted by atomic mass is 35.5. The highest BCUT2D eigenvalue weighted by molar-refractivity contribution is 6.31. The molecule has 0 saturated heterocycles. The fourth-order valence-corrected chi connectivity index (χ4v) is 2.85. The average Bonchev–Trinajstić information content (AvgIpc) is 2.82. The smallest absolute Gasteiger partial charge is 0.308 e. The van der Waals surface area contributed by atoms with Crippen LogP contribution in [0.3, 0.4) is 0 Å². The maximum absolute atomic E-state index is 13.1. The number of hydrogen-bond acceptors (Lipinski definition) is 3. The van der Waals surface area contributed by atoms with E-state index in [1.54, 1.807) is 13.8 Å². The number of anilines is 2. The van der Waals surface area contributed by atoms with Crippen molar-refractivity contribution in [2.45, 2.75) is 19.9 Å². The van der Waals surface area contributed by atoms with E-state index in [9.17, 15) is 18.8 Å². The lowest BCUT2D eigenvalue weighted by Gasteiger charge is -2.17. The molecule has 26 heavy (non-hydrogen) atoms. The summed E-state index contributed by atoms with van der Waals surface area (Å²) in [6.07, 6.45) is 0. The molecule has 1 aliphatic rings.